The molecule has 0 bridgehead atoms. The fourth-order valence-electron chi connectivity index (χ4n) is 3.90. The molecular weight excluding hydrogens is 492 g/mol. The van der Waals surface area contributed by atoms with Gasteiger partial charge in [-0.25, -0.2) is 23.7 Å². The molecule has 7 N–H and O–H groups in total. The Hall–Kier alpha value is -5.13. The number of halogens is 2. The number of fused-ring (bicyclic) bond motifs is 1. The van der Waals surface area contributed by atoms with Gasteiger partial charge >= 0.3 is 0 Å². The molecule has 0 aliphatic heterocycles. The van der Waals surface area contributed by atoms with Crippen molar-refractivity contribution in [2.75, 3.05) is 16.8 Å². The molecule has 1 amide bonds. The van der Waals surface area contributed by atoms with Gasteiger partial charge in [0.2, 0.25) is 0 Å². The molecule has 5 aromatic rings. The van der Waals surface area contributed by atoms with Crippen LogP contribution in [0.5, 0.6) is 0 Å². The molecule has 0 unspecified atom stereocenters. The van der Waals surface area contributed by atoms with Crippen molar-refractivity contribution in [3.05, 3.63) is 89.4 Å². The highest BCUT2D eigenvalue weighted by Gasteiger charge is 2.19. The SMILES string of the molecule is C[C@H](NC(=O)c1nc(N)cnc1NCc1ccc(-c2cnc3[nH]nc(N)c3c2)cc1)c1ccc(F)c(F)c1. The number of hydrogen-bond donors (Lipinski definition) is 5. The summed E-state index contributed by atoms with van der Waals surface area (Å²) in [5, 5.41) is 13.3. The number of hydrogen-bond acceptors (Lipinski definition) is 8. The van der Waals surface area contributed by atoms with Gasteiger partial charge in [0.15, 0.2) is 34.6 Å². The van der Waals surface area contributed by atoms with E-state index in [0.717, 1.165) is 34.2 Å². The minimum absolute atomic E-state index is 0.0202. The number of carbonyl (C=O) groups excluding carboxylic acids is 1. The fourth-order valence-corrected chi connectivity index (χ4v) is 3.90. The molecule has 2 aromatic carbocycles. The Bertz CT molecular complexity index is 1640. The van der Waals surface area contributed by atoms with E-state index >= 15 is 0 Å². The molecule has 0 aliphatic carbocycles. The number of nitrogen functional groups attached to an aromatic ring is 2. The number of nitrogens with one attached hydrogen (secondary N) is 3. The van der Waals surface area contributed by atoms with Crippen molar-refractivity contribution in [2.24, 2.45) is 0 Å². The summed E-state index contributed by atoms with van der Waals surface area (Å²) in [7, 11) is 0. The van der Waals surface area contributed by atoms with E-state index < -0.39 is 23.6 Å². The van der Waals surface area contributed by atoms with Gasteiger partial charge in [-0.1, -0.05) is 30.3 Å². The van der Waals surface area contributed by atoms with Crippen molar-refractivity contribution in [2.45, 2.75) is 19.5 Å². The number of carbonyl (C=O) groups is 1. The highest BCUT2D eigenvalue weighted by molar-refractivity contribution is 5.97. The second-order valence-corrected chi connectivity index (χ2v) is 8.64. The van der Waals surface area contributed by atoms with Crippen molar-refractivity contribution in [3.8, 4) is 11.1 Å². The summed E-state index contributed by atoms with van der Waals surface area (Å²) in [6.07, 6.45) is 3.08. The number of nitrogens with two attached hydrogens (primary N) is 2. The summed E-state index contributed by atoms with van der Waals surface area (Å²) in [4.78, 5) is 25.7. The van der Waals surface area contributed by atoms with Crippen LogP contribution in [-0.2, 0) is 6.54 Å². The molecule has 0 aliphatic rings. The average molecular weight is 516 g/mol. The Morgan fingerprint density at radius 1 is 1.00 bits per heavy atom. The average Bonchev–Trinajstić information content (AvgIpc) is 3.29. The number of anilines is 3. The van der Waals surface area contributed by atoms with Gasteiger partial charge in [-0.15, -0.1) is 0 Å². The molecular formula is C26H23F2N9O. The molecule has 5 rings (SSSR count). The fraction of sp³-hybridized carbons (Fsp3) is 0.115. The standard InChI is InChI=1S/C26H23F2N9O/c1-13(16-6-7-19(27)20(28)9-16)34-26(38)22-25(33-12-21(29)35-22)31-10-14-2-4-15(5-3-14)17-8-18-23(30)36-37-24(18)32-11-17/h2-9,11-13H,10H2,1H3,(H2,29,35)(H,31,33)(H,34,38)(H3,30,32,36,37)/t13-/m0/s1. The second kappa shape index (κ2) is 10.1. The van der Waals surface area contributed by atoms with Crippen molar-refractivity contribution in [3.63, 3.8) is 0 Å². The first-order chi connectivity index (χ1) is 18.3. The van der Waals surface area contributed by atoms with Crippen molar-refractivity contribution in [1.29, 1.82) is 0 Å². The minimum Gasteiger partial charge on any atom is -0.382 e. The highest BCUT2D eigenvalue weighted by Crippen LogP contribution is 2.25. The van der Waals surface area contributed by atoms with E-state index in [9.17, 15) is 13.6 Å². The molecule has 192 valence electrons. The van der Waals surface area contributed by atoms with Gasteiger partial charge in [-0.3, -0.25) is 9.89 Å². The molecule has 38 heavy (non-hydrogen) atoms. The molecule has 3 aromatic heterocycles. The van der Waals surface area contributed by atoms with Crippen molar-refractivity contribution in [1.82, 2.24) is 30.5 Å². The van der Waals surface area contributed by atoms with Crippen LogP contribution >= 0.6 is 0 Å². The van der Waals surface area contributed by atoms with Gasteiger partial charge in [0.1, 0.15) is 5.82 Å². The van der Waals surface area contributed by atoms with Gasteiger partial charge in [0.25, 0.3) is 5.91 Å². The Morgan fingerprint density at radius 2 is 1.79 bits per heavy atom. The number of nitrogens with zero attached hydrogens (tertiary/aromatic N) is 4. The number of aromatic amines is 1. The van der Waals surface area contributed by atoms with E-state index in [-0.39, 0.29) is 17.3 Å². The summed E-state index contributed by atoms with van der Waals surface area (Å²) in [6.45, 7) is 2.00. The Kier molecular flexibility index (Phi) is 6.52. The lowest BCUT2D eigenvalue weighted by molar-refractivity contribution is 0.0935. The topological polar surface area (TPSA) is 161 Å². The lowest BCUT2D eigenvalue weighted by atomic mass is 10.0. The minimum atomic E-state index is -0.997. The largest absolute Gasteiger partial charge is 0.382 e. The molecule has 3 heterocycles. The zero-order chi connectivity index (χ0) is 26.8. The van der Waals surface area contributed by atoms with Gasteiger partial charge in [-0.2, -0.15) is 5.10 Å². The second-order valence-electron chi connectivity index (χ2n) is 8.64. The van der Waals surface area contributed by atoms with E-state index in [4.69, 9.17) is 11.5 Å². The van der Waals surface area contributed by atoms with Crippen LogP contribution in [0.25, 0.3) is 22.2 Å². The van der Waals surface area contributed by atoms with E-state index in [2.05, 4.69) is 35.8 Å². The quantitative estimate of drug-likeness (QED) is 0.218. The molecule has 10 nitrogen and oxygen atoms in total. The third kappa shape index (κ3) is 5.05. The van der Waals surface area contributed by atoms with Crippen LogP contribution in [0.4, 0.5) is 26.2 Å². The third-order valence-corrected chi connectivity index (χ3v) is 5.99. The maximum Gasteiger partial charge on any atom is 0.274 e. The number of H-pyrrole nitrogens is 1. The number of amides is 1. The van der Waals surface area contributed by atoms with E-state index in [1.807, 2.05) is 30.3 Å². The zero-order valence-electron chi connectivity index (χ0n) is 20.2. The maximum atomic E-state index is 13.6. The molecule has 0 saturated carbocycles. The Labute approximate surface area is 215 Å². The van der Waals surface area contributed by atoms with Crippen LogP contribution in [0.2, 0.25) is 0 Å². The first-order valence-corrected chi connectivity index (χ1v) is 11.6. The molecule has 0 spiro atoms. The van der Waals surface area contributed by atoms with Crippen molar-refractivity contribution < 1.29 is 13.6 Å². The van der Waals surface area contributed by atoms with Crippen LogP contribution < -0.4 is 22.1 Å². The van der Waals surface area contributed by atoms with Gasteiger partial charge in [-0.05, 0) is 41.8 Å². The van der Waals surface area contributed by atoms with Crippen molar-refractivity contribution >= 4 is 34.4 Å². The first-order valence-electron chi connectivity index (χ1n) is 11.6. The molecule has 12 heteroatoms. The number of rotatable bonds is 7. The Morgan fingerprint density at radius 3 is 2.55 bits per heavy atom. The predicted molar refractivity (Wildman–Crippen MR) is 140 cm³/mol. The molecule has 1 atom stereocenters. The van der Waals surface area contributed by atoms with E-state index in [0.29, 0.717) is 23.6 Å². The lowest BCUT2D eigenvalue weighted by Crippen LogP contribution is -2.29. The van der Waals surface area contributed by atoms with Gasteiger partial charge < -0.3 is 22.1 Å². The normalized spacial score (nSPS) is 11.9. The summed E-state index contributed by atoms with van der Waals surface area (Å²) in [5.41, 5.74) is 15.4. The van der Waals surface area contributed by atoms with E-state index in [1.165, 1.54) is 12.3 Å². The van der Waals surface area contributed by atoms with Crippen LogP contribution in [0.3, 0.4) is 0 Å². The summed E-state index contributed by atoms with van der Waals surface area (Å²) >= 11 is 0. The Balaban J connectivity index is 1.29. The molecule has 0 radical (unpaired) electrons. The summed E-state index contributed by atoms with van der Waals surface area (Å²) in [6, 6.07) is 12.5. The van der Waals surface area contributed by atoms with E-state index in [1.54, 1.807) is 13.1 Å². The zero-order valence-corrected chi connectivity index (χ0v) is 20.2. The lowest BCUT2D eigenvalue weighted by Gasteiger charge is -2.16. The van der Waals surface area contributed by atoms with Crippen LogP contribution in [0, 0.1) is 11.6 Å². The number of pyridine rings is 1. The maximum absolute atomic E-state index is 13.6. The van der Waals surface area contributed by atoms with Crippen LogP contribution in [0.1, 0.15) is 34.6 Å². The smallest absolute Gasteiger partial charge is 0.274 e. The summed E-state index contributed by atoms with van der Waals surface area (Å²) < 4.78 is 26.9. The highest BCUT2D eigenvalue weighted by atomic mass is 19.2. The van der Waals surface area contributed by atoms with Gasteiger partial charge in [0.05, 0.1) is 17.6 Å². The van der Waals surface area contributed by atoms with Gasteiger partial charge in [0, 0.05) is 18.3 Å². The monoisotopic (exact) mass is 515 g/mol. The van der Waals surface area contributed by atoms with Crippen LogP contribution in [-0.4, -0.2) is 31.1 Å². The third-order valence-electron chi connectivity index (χ3n) is 5.99. The number of aromatic nitrogens is 5. The number of benzene rings is 2. The molecule has 0 saturated heterocycles. The predicted octanol–water partition coefficient (Wildman–Crippen LogP) is 3.96. The van der Waals surface area contributed by atoms with Crippen LogP contribution in [0.15, 0.2) is 60.9 Å². The molecule has 0 fully saturated rings. The first kappa shape index (κ1) is 24.6. The summed E-state index contributed by atoms with van der Waals surface area (Å²) in [5.74, 6) is -1.85.